The molecule has 26 heavy (non-hydrogen) atoms. The Balaban J connectivity index is 2.01. The second-order valence-corrected chi connectivity index (χ2v) is 7.94. The van der Waals surface area contributed by atoms with Crippen LogP contribution in [0.15, 0.2) is 16.5 Å². The van der Waals surface area contributed by atoms with Gasteiger partial charge in [-0.15, -0.1) is 0 Å². The number of rotatable bonds is 5. The van der Waals surface area contributed by atoms with Gasteiger partial charge in [-0.1, -0.05) is 13.8 Å². The Bertz CT molecular complexity index is 793. The average molecular weight is 360 g/mol. The number of phenolic OH excluding ortho intramolecular Hbond substituents is 1. The normalized spacial score (nSPS) is 20.7. The highest BCUT2D eigenvalue weighted by atomic mass is 16.5. The van der Waals surface area contributed by atoms with Gasteiger partial charge < -0.3 is 19.2 Å². The highest BCUT2D eigenvalue weighted by molar-refractivity contribution is 6.06. The number of carbonyl (C=O) groups excluding carboxylic acids is 1. The average Bonchev–Trinajstić information content (AvgIpc) is 2.93. The van der Waals surface area contributed by atoms with E-state index in [1.165, 1.54) is 24.2 Å². The summed E-state index contributed by atoms with van der Waals surface area (Å²) in [5, 5.41) is 11.3. The van der Waals surface area contributed by atoms with Gasteiger partial charge in [0.05, 0.1) is 24.8 Å². The molecule has 1 saturated heterocycles. The predicted octanol–water partition coefficient (Wildman–Crippen LogP) is 3.22. The Morgan fingerprint density at radius 3 is 2.85 bits per heavy atom. The first-order chi connectivity index (χ1) is 12.4. The van der Waals surface area contributed by atoms with Crippen LogP contribution in [0.3, 0.4) is 0 Å². The zero-order valence-corrected chi connectivity index (χ0v) is 16.2. The first-order valence-corrected chi connectivity index (χ1v) is 9.64. The minimum Gasteiger partial charge on any atom is -0.507 e. The fourth-order valence-electron chi connectivity index (χ4n) is 3.85. The summed E-state index contributed by atoms with van der Waals surface area (Å²) in [5.74, 6) is 0.663. The van der Waals surface area contributed by atoms with Crippen molar-refractivity contribution in [3.05, 3.63) is 29.0 Å². The van der Waals surface area contributed by atoms with Crippen molar-refractivity contribution < 1.29 is 24.0 Å². The minimum atomic E-state index is -0.372. The van der Waals surface area contributed by atoms with E-state index in [1.807, 2.05) is 13.8 Å². The number of likely N-dealkylation sites (tertiary alicyclic amines) is 1. The summed E-state index contributed by atoms with van der Waals surface area (Å²) in [6.07, 6.45) is 3.66. The van der Waals surface area contributed by atoms with Crippen molar-refractivity contribution in [3.63, 3.8) is 0 Å². The summed E-state index contributed by atoms with van der Waals surface area (Å²) >= 11 is 0. The van der Waals surface area contributed by atoms with Gasteiger partial charge in [-0.05, 0) is 51.2 Å². The summed E-state index contributed by atoms with van der Waals surface area (Å²) in [6.45, 7) is 10.2. The van der Waals surface area contributed by atoms with Gasteiger partial charge in [0.2, 0.25) is 0 Å². The number of aryl methyl sites for hydroxylation is 1. The van der Waals surface area contributed by atoms with Gasteiger partial charge in [0.25, 0.3) is 0 Å². The Hall–Kier alpha value is -2.01. The molecule has 3 rings (SSSR count). The third-order valence-corrected chi connectivity index (χ3v) is 5.35. The second kappa shape index (κ2) is 7.70. The summed E-state index contributed by atoms with van der Waals surface area (Å²) < 4.78 is 11.3. The third kappa shape index (κ3) is 3.73. The molecule has 2 N–H and O–H groups in total. The van der Waals surface area contributed by atoms with E-state index in [4.69, 9.17) is 9.15 Å². The van der Waals surface area contributed by atoms with Crippen LogP contribution in [0.25, 0.3) is 11.0 Å². The number of benzene rings is 1. The number of fused-ring (bicyclic) bond motifs is 1. The molecule has 2 atom stereocenters. The maximum atomic E-state index is 12.7. The first-order valence-electron chi connectivity index (χ1n) is 9.64. The molecule has 1 unspecified atom stereocenters. The number of piperidine rings is 1. The molecule has 0 radical (unpaired) electrons. The number of hydrogen-bond acceptors (Lipinski definition) is 4. The van der Waals surface area contributed by atoms with E-state index < -0.39 is 0 Å². The molecule has 2 heterocycles. The Labute approximate surface area is 154 Å². The van der Waals surface area contributed by atoms with Crippen molar-refractivity contribution in [2.24, 2.45) is 5.92 Å². The van der Waals surface area contributed by atoms with E-state index in [-0.39, 0.29) is 17.6 Å². The van der Waals surface area contributed by atoms with Crippen molar-refractivity contribution in [3.8, 4) is 5.75 Å². The highest BCUT2D eigenvalue weighted by Crippen LogP contribution is 2.34. The maximum Gasteiger partial charge on any atom is 0.342 e. The van der Waals surface area contributed by atoms with Crippen LogP contribution in [0.4, 0.5) is 0 Å². The number of nitrogens with one attached hydrogen (secondary N) is 1. The number of hydrogen-bond donors (Lipinski definition) is 2. The standard InChI is InChI=1S/C21H29NO4/c1-13(2)12-25-21(24)19-15(4)26-18-9-8-17(23)16(20(18)19)11-22-10-6-5-7-14(22)3/h8-9,13-14,23H,5-7,10-12H2,1-4H3/p+1/t14-/m0/s1. The van der Waals surface area contributed by atoms with Gasteiger partial charge in [-0.3, -0.25) is 0 Å². The third-order valence-electron chi connectivity index (χ3n) is 5.35. The second-order valence-electron chi connectivity index (χ2n) is 7.94. The SMILES string of the molecule is Cc1oc2ccc(O)c(C[NH+]3CCCC[C@@H]3C)c2c1C(=O)OCC(C)C. The Morgan fingerprint density at radius 2 is 2.15 bits per heavy atom. The summed E-state index contributed by atoms with van der Waals surface area (Å²) in [4.78, 5) is 14.1. The Kier molecular flexibility index (Phi) is 5.56. The van der Waals surface area contributed by atoms with E-state index in [9.17, 15) is 9.90 Å². The van der Waals surface area contributed by atoms with Gasteiger partial charge in [0, 0.05) is 5.39 Å². The molecular formula is C21H30NO4+. The monoisotopic (exact) mass is 360 g/mol. The van der Waals surface area contributed by atoms with Gasteiger partial charge >= 0.3 is 5.97 Å². The molecule has 1 aromatic carbocycles. The lowest BCUT2D eigenvalue weighted by atomic mass is 9.99. The van der Waals surface area contributed by atoms with Crippen LogP contribution in [0.5, 0.6) is 5.75 Å². The topological polar surface area (TPSA) is 64.1 Å². The van der Waals surface area contributed by atoms with Gasteiger partial charge in [-0.25, -0.2) is 4.79 Å². The number of esters is 1. The number of aromatic hydroxyl groups is 1. The molecule has 142 valence electrons. The van der Waals surface area contributed by atoms with Crippen molar-refractivity contribution in [1.82, 2.24) is 0 Å². The van der Waals surface area contributed by atoms with Crippen molar-refractivity contribution in [2.75, 3.05) is 13.2 Å². The smallest absolute Gasteiger partial charge is 0.342 e. The predicted molar refractivity (Wildman–Crippen MR) is 101 cm³/mol. The lowest BCUT2D eigenvalue weighted by molar-refractivity contribution is -0.941. The molecule has 5 nitrogen and oxygen atoms in total. The van der Waals surface area contributed by atoms with E-state index in [0.29, 0.717) is 41.5 Å². The van der Waals surface area contributed by atoms with Crippen LogP contribution >= 0.6 is 0 Å². The lowest BCUT2D eigenvalue weighted by Gasteiger charge is -2.30. The summed E-state index contributed by atoms with van der Waals surface area (Å²) in [7, 11) is 0. The molecule has 1 aliphatic rings. The first kappa shape index (κ1) is 18.8. The molecule has 0 aliphatic carbocycles. The van der Waals surface area contributed by atoms with Gasteiger partial charge in [0.15, 0.2) is 0 Å². The van der Waals surface area contributed by atoms with Crippen molar-refractivity contribution >= 4 is 16.9 Å². The molecule has 1 fully saturated rings. The zero-order valence-electron chi connectivity index (χ0n) is 16.2. The lowest BCUT2D eigenvalue weighted by Crippen LogP contribution is -3.14. The van der Waals surface area contributed by atoms with E-state index >= 15 is 0 Å². The molecule has 5 heteroatoms. The molecule has 1 aromatic heterocycles. The van der Waals surface area contributed by atoms with Crippen LogP contribution in [-0.2, 0) is 11.3 Å². The molecule has 1 aliphatic heterocycles. The number of ether oxygens (including phenoxy) is 1. The van der Waals surface area contributed by atoms with E-state index in [0.717, 1.165) is 12.1 Å². The van der Waals surface area contributed by atoms with Crippen LogP contribution in [0.1, 0.15) is 61.7 Å². The zero-order chi connectivity index (χ0) is 18.8. The van der Waals surface area contributed by atoms with Crippen LogP contribution in [-0.4, -0.2) is 30.3 Å². The van der Waals surface area contributed by atoms with E-state index in [2.05, 4.69) is 6.92 Å². The fourth-order valence-corrected chi connectivity index (χ4v) is 3.85. The van der Waals surface area contributed by atoms with Gasteiger partial charge in [-0.2, -0.15) is 0 Å². The maximum absolute atomic E-state index is 12.7. The number of carbonyl (C=O) groups is 1. The molecule has 0 amide bonds. The van der Waals surface area contributed by atoms with E-state index in [1.54, 1.807) is 19.1 Å². The quantitative estimate of drug-likeness (QED) is 0.804. The molecule has 0 spiro atoms. The molecular weight excluding hydrogens is 330 g/mol. The van der Waals surface area contributed by atoms with Crippen molar-refractivity contribution in [1.29, 1.82) is 0 Å². The Morgan fingerprint density at radius 1 is 1.38 bits per heavy atom. The van der Waals surface area contributed by atoms with Crippen molar-refractivity contribution in [2.45, 2.75) is 59.5 Å². The van der Waals surface area contributed by atoms with Crippen LogP contribution in [0.2, 0.25) is 0 Å². The summed E-state index contributed by atoms with van der Waals surface area (Å²) in [6, 6.07) is 3.94. The van der Waals surface area contributed by atoms with Gasteiger partial charge in [0.1, 0.15) is 29.2 Å². The van der Waals surface area contributed by atoms with Crippen LogP contribution < -0.4 is 4.90 Å². The largest absolute Gasteiger partial charge is 0.507 e. The molecule has 2 aromatic rings. The van der Waals surface area contributed by atoms with Crippen LogP contribution in [0, 0.1) is 12.8 Å². The molecule has 0 saturated carbocycles. The molecule has 0 bridgehead atoms. The number of phenols is 1. The summed E-state index contributed by atoms with van der Waals surface area (Å²) in [5.41, 5.74) is 1.88. The fraction of sp³-hybridized carbons (Fsp3) is 0.571. The number of furan rings is 1. The minimum absolute atomic E-state index is 0.224. The highest BCUT2D eigenvalue weighted by Gasteiger charge is 2.28. The number of quaternary nitrogens is 1.